The van der Waals surface area contributed by atoms with Crippen LogP contribution in [0.25, 0.3) is 0 Å². The summed E-state index contributed by atoms with van der Waals surface area (Å²) in [5, 5.41) is 4.13. The quantitative estimate of drug-likeness (QED) is 0.852. The van der Waals surface area contributed by atoms with Crippen LogP contribution in [0.4, 0.5) is 5.69 Å². The summed E-state index contributed by atoms with van der Waals surface area (Å²) in [6.07, 6.45) is 4.67. The van der Waals surface area contributed by atoms with Gasteiger partial charge in [0.15, 0.2) is 0 Å². The molecule has 1 amide bonds. The van der Waals surface area contributed by atoms with E-state index in [-0.39, 0.29) is 24.1 Å². The van der Waals surface area contributed by atoms with Crippen molar-refractivity contribution in [2.45, 2.75) is 31.8 Å². The highest BCUT2D eigenvalue weighted by atomic mass is 16.2. The van der Waals surface area contributed by atoms with Crippen LogP contribution in [-0.4, -0.2) is 41.7 Å². The van der Waals surface area contributed by atoms with Gasteiger partial charge in [0, 0.05) is 27.2 Å². The lowest BCUT2D eigenvalue weighted by Crippen LogP contribution is -2.38. The Morgan fingerprint density at radius 1 is 1.28 bits per heavy atom. The molecule has 0 saturated heterocycles. The smallest absolute Gasteiger partial charge is 0.269 e. The van der Waals surface area contributed by atoms with Crippen molar-refractivity contribution in [1.82, 2.24) is 14.7 Å². The summed E-state index contributed by atoms with van der Waals surface area (Å²) >= 11 is 0. The van der Waals surface area contributed by atoms with E-state index >= 15 is 0 Å². The van der Waals surface area contributed by atoms with Crippen LogP contribution in [0, 0.1) is 0 Å². The molecule has 1 heterocycles. The lowest BCUT2D eigenvalue weighted by molar-refractivity contribution is -0.133. The Kier molecular flexibility index (Phi) is 4.88. The molecule has 1 atom stereocenters. The Bertz CT molecular complexity index is 828. The van der Waals surface area contributed by atoms with Gasteiger partial charge in [-0.25, -0.2) is 4.68 Å². The number of aromatic nitrogens is 2. The molecule has 3 rings (SSSR count). The molecule has 6 nitrogen and oxygen atoms in total. The predicted octanol–water partition coefficient (Wildman–Crippen LogP) is 1.85. The molecule has 0 aliphatic heterocycles. The first-order valence-corrected chi connectivity index (χ1v) is 8.55. The maximum Gasteiger partial charge on any atom is 0.269 e. The van der Waals surface area contributed by atoms with Crippen LogP contribution in [0.1, 0.15) is 30.0 Å². The molecule has 0 spiro atoms. The van der Waals surface area contributed by atoms with Gasteiger partial charge in [-0.2, -0.15) is 5.10 Å². The van der Waals surface area contributed by atoms with Gasteiger partial charge in [0.1, 0.15) is 6.54 Å². The highest BCUT2D eigenvalue weighted by molar-refractivity contribution is 5.76. The maximum absolute atomic E-state index is 12.7. The van der Waals surface area contributed by atoms with Crippen LogP contribution in [0.5, 0.6) is 0 Å². The van der Waals surface area contributed by atoms with E-state index in [1.165, 1.54) is 21.9 Å². The van der Waals surface area contributed by atoms with E-state index in [1.807, 2.05) is 38.2 Å². The van der Waals surface area contributed by atoms with Gasteiger partial charge in [-0.1, -0.05) is 24.3 Å². The molecule has 25 heavy (non-hydrogen) atoms. The minimum atomic E-state index is -0.267. The Morgan fingerprint density at radius 3 is 2.76 bits per heavy atom. The molecule has 1 aliphatic carbocycles. The van der Waals surface area contributed by atoms with Gasteiger partial charge in [0.25, 0.3) is 5.56 Å². The van der Waals surface area contributed by atoms with Gasteiger partial charge in [-0.05, 0) is 30.4 Å². The summed E-state index contributed by atoms with van der Waals surface area (Å²) in [5.41, 5.74) is 2.98. The molecule has 0 unspecified atom stereocenters. The molecule has 1 aliphatic rings. The second kappa shape index (κ2) is 7.09. The molecule has 0 radical (unpaired) electrons. The number of benzene rings is 1. The Hall–Kier alpha value is -2.63. The van der Waals surface area contributed by atoms with Crippen LogP contribution in [0.2, 0.25) is 0 Å². The average molecular weight is 340 g/mol. The fraction of sp³-hybridized carbons (Fsp3) is 0.421. The summed E-state index contributed by atoms with van der Waals surface area (Å²) < 4.78 is 1.22. The van der Waals surface area contributed by atoms with Gasteiger partial charge < -0.3 is 9.80 Å². The number of nitrogens with zero attached hydrogens (tertiary/aromatic N) is 4. The molecule has 1 aromatic carbocycles. The van der Waals surface area contributed by atoms with E-state index < -0.39 is 0 Å². The SMILES string of the molecule is CN(C)c1cnn(CC(=O)N(C)[C@H]2CCCc3ccccc32)c(=O)c1. The van der Waals surface area contributed by atoms with E-state index in [0.29, 0.717) is 0 Å². The number of carbonyl (C=O) groups excluding carboxylic acids is 1. The number of anilines is 1. The van der Waals surface area contributed by atoms with Gasteiger partial charge in [-0.15, -0.1) is 0 Å². The Labute approximate surface area is 147 Å². The van der Waals surface area contributed by atoms with E-state index in [0.717, 1.165) is 24.9 Å². The summed E-state index contributed by atoms with van der Waals surface area (Å²) in [6, 6.07) is 9.84. The normalized spacial score (nSPS) is 16.2. The first-order chi connectivity index (χ1) is 12.0. The first kappa shape index (κ1) is 17.2. The van der Waals surface area contributed by atoms with Crippen molar-refractivity contribution in [1.29, 1.82) is 0 Å². The van der Waals surface area contributed by atoms with Crippen molar-refractivity contribution >= 4 is 11.6 Å². The minimum Gasteiger partial charge on any atom is -0.376 e. The van der Waals surface area contributed by atoms with Crippen molar-refractivity contribution < 1.29 is 4.79 Å². The van der Waals surface area contributed by atoms with Crippen LogP contribution in [0.15, 0.2) is 41.3 Å². The molecular weight excluding hydrogens is 316 g/mol. The summed E-state index contributed by atoms with van der Waals surface area (Å²) in [6.45, 7) is -0.0400. The Morgan fingerprint density at radius 2 is 2.04 bits per heavy atom. The zero-order valence-electron chi connectivity index (χ0n) is 15.0. The molecule has 0 N–H and O–H groups in total. The van der Waals surface area contributed by atoms with Crippen molar-refractivity contribution in [3.8, 4) is 0 Å². The number of fused-ring (bicyclic) bond motifs is 1. The van der Waals surface area contributed by atoms with Crippen LogP contribution in [0.3, 0.4) is 0 Å². The number of amides is 1. The third-order valence-electron chi connectivity index (χ3n) is 4.86. The lowest BCUT2D eigenvalue weighted by atomic mass is 9.87. The van der Waals surface area contributed by atoms with Crippen LogP contribution < -0.4 is 10.5 Å². The fourth-order valence-corrected chi connectivity index (χ4v) is 3.33. The van der Waals surface area contributed by atoms with E-state index in [2.05, 4.69) is 17.2 Å². The van der Waals surface area contributed by atoms with Gasteiger partial charge in [0.2, 0.25) is 5.91 Å². The first-order valence-electron chi connectivity index (χ1n) is 8.55. The second-order valence-corrected chi connectivity index (χ2v) is 6.72. The number of carbonyl (C=O) groups is 1. The second-order valence-electron chi connectivity index (χ2n) is 6.72. The summed E-state index contributed by atoms with van der Waals surface area (Å²) in [5.74, 6) is -0.103. The number of aryl methyl sites for hydroxylation is 1. The van der Waals surface area contributed by atoms with E-state index in [9.17, 15) is 9.59 Å². The van der Waals surface area contributed by atoms with Crippen LogP contribution in [-0.2, 0) is 17.8 Å². The maximum atomic E-state index is 12.7. The zero-order chi connectivity index (χ0) is 18.0. The predicted molar refractivity (Wildman–Crippen MR) is 97.7 cm³/mol. The number of rotatable bonds is 4. The Balaban J connectivity index is 1.77. The largest absolute Gasteiger partial charge is 0.376 e. The highest BCUT2D eigenvalue weighted by Crippen LogP contribution is 2.33. The highest BCUT2D eigenvalue weighted by Gasteiger charge is 2.26. The van der Waals surface area contributed by atoms with Crippen molar-refractivity contribution in [3.05, 3.63) is 58.0 Å². The van der Waals surface area contributed by atoms with Crippen LogP contribution >= 0.6 is 0 Å². The summed E-state index contributed by atoms with van der Waals surface area (Å²) in [4.78, 5) is 28.5. The number of hydrogen-bond donors (Lipinski definition) is 0. The van der Waals surface area contributed by atoms with E-state index in [4.69, 9.17) is 0 Å². The minimum absolute atomic E-state index is 0.0400. The van der Waals surface area contributed by atoms with Crippen molar-refractivity contribution in [2.24, 2.45) is 0 Å². The van der Waals surface area contributed by atoms with Crippen molar-refractivity contribution in [2.75, 3.05) is 26.0 Å². The summed E-state index contributed by atoms with van der Waals surface area (Å²) in [7, 11) is 5.51. The monoisotopic (exact) mass is 340 g/mol. The molecule has 132 valence electrons. The topological polar surface area (TPSA) is 58.4 Å². The molecule has 1 aromatic heterocycles. The standard InChI is InChI=1S/C19H24N4O2/c1-21(2)15-11-18(24)23(20-12-15)13-19(25)22(3)17-10-6-8-14-7-4-5-9-16(14)17/h4-5,7,9,11-12,17H,6,8,10,13H2,1-3H3/t17-/m0/s1. The van der Waals surface area contributed by atoms with Gasteiger partial charge in [-0.3, -0.25) is 9.59 Å². The number of hydrogen-bond acceptors (Lipinski definition) is 4. The van der Waals surface area contributed by atoms with Gasteiger partial charge >= 0.3 is 0 Å². The molecule has 0 bridgehead atoms. The third-order valence-corrected chi connectivity index (χ3v) is 4.86. The third kappa shape index (κ3) is 3.57. The van der Waals surface area contributed by atoms with Crippen molar-refractivity contribution in [3.63, 3.8) is 0 Å². The van der Waals surface area contributed by atoms with Gasteiger partial charge in [0.05, 0.1) is 17.9 Å². The molecule has 6 heteroatoms. The molecule has 2 aromatic rings. The molecule has 0 saturated carbocycles. The van der Waals surface area contributed by atoms with E-state index in [1.54, 1.807) is 11.1 Å². The zero-order valence-corrected chi connectivity index (χ0v) is 15.0. The number of likely N-dealkylation sites (N-methyl/N-ethyl adjacent to an activating group) is 1. The fourth-order valence-electron chi connectivity index (χ4n) is 3.33. The molecule has 0 fully saturated rings. The average Bonchev–Trinajstić information content (AvgIpc) is 2.62. The lowest BCUT2D eigenvalue weighted by Gasteiger charge is -2.33. The molecular formula is C19H24N4O2.